The van der Waals surface area contributed by atoms with Crippen molar-refractivity contribution in [1.82, 2.24) is 14.9 Å². The molecule has 26 heavy (non-hydrogen) atoms. The lowest BCUT2D eigenvalue weighted by molar-refractivity contribution is -0.122. The van der Waals surface area contributed by atoms with E-state index in [1.807, 2.05) is 19.9 Å². The summed E-state index contributed by atoms with van der Waals surface area (Å²) in [6.07, 6.45) is 4.47. The van der Waals surface area contributed by atoms with Gasteiger partial charge < -0.3 is 4.57 Å². The molecule has 1 aliphatic rings. The number of hydrogen-bond acceptors (Lipinski definition) is 4. The first-order valence-corrected chi connectivity index (χ1v) is 8.31. The maximum absolute atomic E-state index is 12.8. The third kappa shape index (κ3) is 2.92. The lowest BCUT2D eigenvalue weighted by Gasteiger charge is -2.26. The van der Waals surface area contributed by atoms with Crippen LogP contribution in [0.4, 0.5) is 10.5 Å². The zero-order chi connectivity index (χ0) is 19.0. The van der Waals surface area contributed by atoms with Crippen molar-refractivity contribution in [1.29, 1.82) is 0 Å². The Bertz CT molecular complexity index is 926. The molecule has 2 aromatic rings. The van der Waals surface area contributed by atoms with Gasteiger partial charge in [0.1, 0.15) is 5.57 Å². The van der Waals surface area contributed by atoms with E-state index in [0.29, 0.717) is 5.69 Å². The molecule has 1 N–H and O–H groups in total. The average Bonchev–Trinajstić information content (AvgIpc) is 2.86. The van der Waals surface area contributed by atoms with E-state index < -0.39 is 17.8 Å². The van der Waals surface area contributed by atoms with Crippen LogP contribution in [0.5, 0.6) is 0 Å². The number of anilines is 1. The molecule has 3 rings (SSSR count). The van der Waals surface area contributed by atoms with Crippen molar-refractivity contribution in [2.45, 2.75) is 33.7 Å². The fourth-order valence-electron chi connectivity index (χ4n) is 3.28. The quantitative estimate of drug-likeness (QED) is 0.680. The van der Waals surface area contributed by atoms with Crippen LogP contribution >= 0.6 is 0 Å². The number of barbiturate groups is 1. The summed E-state index contributed by atoms with van der Waals surface area (Å²) in [4.78, 5) is 42.1. The van der Waals surface area contributed by atoms with Crippen LogP contribution in [0, 0.1) is 13.8 Å². The second-order valence-electron chi connectivity index (χ2n) is 6.46. The van der Waals surface area contributed by atoms with Gasteiger partial charge in [0.25, 0.3) is 11.8 Å². The molecular weight excluding hydrogens is 332 g/mol. The molecule has 7 nitrogen and oxygen atoms in total. The molecule has 0 aliphatic carbocycles. The van der Waals surface area contributed by atoms with E-state index in [2.05, 4.69) is 28.7 Å². The molecule has 4 amide bonds. The van der Waals surface area contributed by atoms with Gasteiger partial charge >= 0.3 is 6.03 Å². The fraction of sp³-hybridized carbons (Fsp3) is 0.263. The summed E-state index contributed by atoms with van der Waals surface area (Å²) in [5.74, 6) is -1.37. The van der Waals surface area contributed by atoms with Crippen LogP contribution in [0.2, 0.25) is 0 Å². The van der Waals surface area contributed by atoms with E-state index in [4.69, 9.17) is 0 Å². The fourth-order valence-corrected chi connectivity index (χ4v) is 3.28. The van der Waals surface area contributed by atoms with Gasteiger partial charge in [-0.05, 0) is 57.5 Å². The summed E-state index contributed by atoms with van der Waals surface area (Å²) in [5, 5.41) is 2.22. The van der Waals surface area contributed by atoms with E-state index in [9.17, 15) is 14.4 Å². The van der Waals surface area contributed by atoms with Crippen molar-refractivity contribution in [3.8, 4) is 0 Å². The monoisotopic (exact) mass is 352 g/mol. The average molecular weight is 352 g/mol. The minimum absolute atomic E-state index is 0.0857. The number of nitrogens with zero attached hydrogens (tertiary/aromatic N) is 3. The number of aromatic nitrogens is 2. The number of imide groups is 2. The van der Waals surface area contributed by atoms with Crippen molar-refractivity contribution < 1.29 is 14.4 Å². The van der Waals surface area contributed by atoms with Crippen molar-refractivity contribution >= 4 is 29.6 Å². The van der Waals surface area contributed by atoms with Crippen LogP contribution in [-0.4, -0.2) is 27.4 Å². The van der Waals surface area contributed by atoms with Gasteiger partial charge in [-0.15, -0.1) is 0 Å². The first-order valence-electron chi connectivity index (χ1n) is 8.31. The molecule has 3 heterocycles. The van der Waals surface area contributed by atoms with Crippen LogP contribution in [-0.2, 0) is 9.59 Å². The van der Waals surface area contributed by atoms with E-state index in [0.717, 1.165) is 21.9 Å². The third-order valence-electron chi connectivity index (χ3n) is 4.35. The zero-order valence-corrected chi connectivity index (χ0v) is 15.1. The van der Waals surface area contributed by atoms with E-state index >= 15 is 0 Å². The van der Waals surface area contributed by atoms with E-state index in [1.54, 1.807) is 18.3 Å². The molecule has 0 aromatic carbocycles. The smallest absolute Gasteiger partial charge is 0.336 e. The lowest BCUT2D eigenvalue weighted by Crippen LogP contribution is -2.54. The molecule has 0 radical (unpaired) electrons. The number of carbonyl (C=O) groups is 3. The molecule has 0 unspecified atom stereocenters. The van der Waals surface area contributed by atoms with Gasteiger partial charge in [-0.25, -0.2) is 9.69 Å². The summed E-state index contributed by atoms with van der Waals surface area (Å²) in [7, 11) is 0. The normalized spacial score (nSPS) is 16.6. The van der Waals surface area contributed by atoms with Crippen LogP contribution < -0.4 is 10.2 Å². The Kier molecular flexibility index (Phi) is 4.46. The summed E-state index contributed by atoms with van der Waals surface area (Å²) < 4.78 is 2.13. The molecule has 1 saturated heterocycles. The highest BCUT2D eigenvalue weighted by Crippen LogP contribution is 2.25. The highest BCUT2D eigenvalue weighted by Gasteiger charge is 2.37. The lowest BCUT2D eigenvalue weighted by atomic mass is 10.1. The molecule has 0 spiro atoms. The second-order valence-corrected chi connectivity index (χ2v) is 6.46. The van der Waals surface area contributed by atoms with Crippen molar-refractivity contribution in [3.05, 3.63) is 53.1 Å². The zero-order valence-electron chi connectivity index (χ0n) is 15.1. The third-order valence-corrected chi connectivity index (χ3v) is 4.35. The van der Waals surface area contributed by atoms with E-state index in [1.165, 1.54) is 12.3 Å². The highest BCUT2D eigenvalue weighted by molar-refractivity contribution is 6.39. The number of carbonyl (C=O) groups excluding carboxylic acids is 3. The van der Waals surface area contributed by atoms with Gasteiger partial charge in [0.05, 0.1) is 11.9 Å². The molecule has 0 saturated carbocycles. The minimum atomic E-state index is -0.780. The number of aryl methyl sites for hydroxylation is 1. The van der Waals surface area contributed by atoms with Crippen LogP contribution in [0.25, 0.3) is 6.08 Å². The van der Waals surface area contributed by atoms with Crippen LogP contribution in [0.15, 0.2) is 36.2 Å². The maximum atomic E-state index is 12.8. The van der Waals surface area contributed by atoms with Gasteiger partial charge in [-0.1, -0.05) is 0 Å². The van der Waals surface area contributed by atoms with Gasteiger partial charge in [0.15, 0.2) is 0 Å². The number of rotatable bonds is 3. The first-order chi connectivity index (χ1) is 12.3. The molecule has 1 aliphatic heterocycles. The Hall–Kier alpha value is -3.22. The Morgan fingerprint density at radius 3 is 2.50 bits per heavy atom. The van der Waals surface area contributed by atoms with Crippen molar-refractivity contribution in [3.63, 3.8) is 0 Å². The largest absolute Gasteiger partial charge is 0.346 e. The van der Waals surface area contributed by atoms with E-state index in [-0.39, 0.29) is 11.6 Å². The predicted octanol–water partition coefficient (Wildman–Crippen LogP) is 2.75. The Labute approximate surface area is 151 Å². The van der Waals surface area contributed by atoms with Gasteiger partial charge in [-0.2, -0.15) is 0 Å². The molecule has 0 atom stereocenters. The SMILES string of the molecule is Cc1cc(/C=C2\C(=O)NC(=O)N(c3cccnc3)C2=O)c(C)n1C(C)C. The molecule has 134 valence electrons. The summed E-state index contributed by atoms with van der Waals surface area (Å²) in [6.45, 7) is 8.05. The maximum Gasteiger partial charge on any atom is 0.336 e. The molecule has 2 aromatic heterocycles. The Balaban J connectivity index is 2.06. The molecule has 7 heteroatoms. The van der Waals surface area contributed by atoms with Crippen LogP contribution in [0.3, 0.4) is 0 Å². The summed E-state index contributed by atoms with van der Waals surface area (Å²) >= 11 is 0. The highest BCUT2D eigenvalue weighted by atomic mass is 16.2. The predicted molar refractivity (Wildman–Crippen MR) is 97.5 cm³/mol. The molecular formula is C19H20N4O3. The molecule has 0 bridgehead atoms. The number of nitrogens with one attached hydrogen (secondary N) is 1. The van der Waals surface area contributed by atoms with Gasteiger partial charge in [0, 0.05) is 23.6 Å². The number of amides is 4. The molecule has 1 fully saturated rings. The number of pyridine rings is 1. The standard InChI is InChI=1S/C19H20N4O3/c1-11(2)22-12(3)8-14(13(22)4)9-16-17(24)21-19(26)23(18(16)25)15-6-5-7-20-10-15/h5-11H,1-4H3,(H,21,24,26)/b16-9+. The van der Waals surface area contributed by atoms with Crippen molar-refractivity contribution in [2.24, 2.45) is 0 Å². The van der Waals surface area contributed by atoms with Gasteiger partial charge in [-0.3, -0.25) is 19.9 Å². The topological polar surface area (TPSA) is 84.3 Å². The Morgan fingerprint density at radius 1 is 1.19 bits per heavy atom. The van der Waals surface area contributed by atoms with Gasteiger partial charge in [0.2, 0.25) is 0 Å². The summed E-state index contributed by atoms with van der Waals surface area (Å²) in [6, 6.07) is 4.60. The second kappa shape index (κ2) is 6.59. The van der Waals surface area contributed by atoms with Crippen LogP contribution in [0.1, 0.15) is 36.8 Å². The number of urea groups is 1. The summed E-state index contributed by atoms with van der Waals surface area (Å²) in [5.41, 5.74) is 2.98. The first kappa shape index (κ1) is 17.6. The minimum Gasteiger partial charge on any atom is -0.346 e. The Morgan fingerprint density at radius 2 is 1.92 bits per heavy atom. The van der Waals surface area contributed by atoms with Crippen molar-refractivity contribution in [2.75, 3.05) is 4.90 Å². The number of hydrogen-bond donors (Lipinski definition) is 1.